The van der Waals surface area contributed by atoms with E-state index in [0.717, 1.165) is 5.56 Å². The van der Waals surface area contributed by atoms with Crippen LogP contribution in [0.5, 0.6) is 0 Å². The molecule has 0 bridgehead atoms. The fourth-order valence-electron chi connectivity index (χ4n) is 1.09. The van der Waals surface area contributed by atoms with E-state index >= 15 is 0 Å². The second-order valence-corrected chi connectivity index (χ2v) is 5.03. The van der Waals surface area contributed by atoms with Crippen LogP contribution in [0.2, 0.25) is 0 Å². The maximum Gasteiger partial charge on any atom is 0.323 e. The Morgan fingerprint density at radius 2 is 2.00 bits per heavy atom. The maximum atomic E-state index is 11.5. The van der Waals surface area contributed by atoms with Gasteiger partial charge in [-0.05, 0) is 19.4 Å². The molecule has 0 spiro atoms. The predicted octanol–water partition coefficient (Wildman–Crippen LogP) is 2.26. The third kappa shape index (κ3) is 3.94. The summed E-state index contributed by atoms with van der Waals surface area (Å²) >= 11 is 3.11. The molecule has 88 valence electrons. The number of aliphatic hydroxyl groups is 1. The first kappa shape index (κ1) is 13.2. The molecule has 3 nitrogen and oxygen atoms in total. The first-order chi connectivity index (χ1) is 7.41. The van der Waals surface area contributed by atoms with Crippen LogP contribution in [0.3, 0.4) is 0 Å². The number of carbonyl (C=O) groups excluding carboxylic acids is 1. The largest absolute Gasteiger partial charge is 0.460 e. The molecule has 1 N–H and O–H groups in total. The van der Waals surface area contributed by atoms with Crippen molar-refractivity contribution in [2.45, 2.75) is 30.9 Å². The number of ether oxygens (including phenoxy) is 1. The van der Waals surface area contributed by atoms with Crippen molar-refractivity contribution >= 4 is 21.9 Å². The molecular formula is C12H15BrO3. The van der Waals surface area contributed by atoms with Crippen molar-refractivity contribution in [2.24, 2.45) is 0 Å². The molecule has 1 aromatic carbocycles. The number of carbonyl (C=O) groups is 1. The Kier molecular flexibility index (Phi) is 4.50. The van der Waals surface area contributed by atoms with Gasteiger partial charge in [-0.1, -0.05) is 46.3 Å². The Labute approximate surface area is 104 Å². The van der Waals surface area contributed by atoms with E-state index in [0.29, 0.717) is 0 Å². The van der Waals surface area contributed by atoms with Gasteiger partial charge in [-0.25, -0.2) is 0 Å². The first-order valence-electron chi connectivity index (χ1n) is 4.98. The lowest BCUT2D eigenvalue weighted by Gasteiger charge is -2.22. The van der Waals surface area contributed by atoms with E-state index in [1.54, 1.807) is 13.8 Å². The summed E-state index contributed by atoms with van der Waals surface area (Å²) in [7, 11) is 0. The van der Waals surface area contributed by atoms with Gasteiger partial charge < -0.3 is 9.84 Å². The molecular weight excluding hydrogens is 272 g/mol. The summed E-state index contributed by atoms with van der Waals surface area (Å²) in [6, 6.07) is 9.41. The summed E-state index contributed by atoms with van der Waals surface area (Å²) < 4.78 is 5.07. The van der Waals surface area contributed by atoms with Crippen molar-refractivity contribution in [1.82, 2.24) is 0 Å². The minimum atomic E-state index is -1.13. The molecule has 16 heavy (non-hydrogen) atoms. The Morgan fingerprint density at radius 1 is 1.44 bits per heavy atom. The lowest BCUT2D eigenvalue weighted by atomic mass is 10.1. The van der Waals surface area contributed by atoms with E-state index < -0.39 is 16.4 Å². The number of benzene rings is 1. The zero-order valence-electron chi connectivity index (χ0n) is 9.31. The van der Waals surface area contributed by atoms with Crippen LogP contribution in [0, 0.1) is 0 Å². The van der Waals surface area contributed by atoms with Crippen molar-refractivity contribution in [3.05, 3.63) is 35.9 Å². The van der Waals surface area contributed by atoms with Gasteiger partial charge in [0.15, 0.2) is 0 Å². The average molecular weight is 287 g/mol. The average Bonchev–Trinajstić information content (AvgIpc) is 2.25. The first-order valence-corrected chi connectivity index (χ1v) is 5.90. The molecule has 0 saturated heterocycles. The second kappa shape index (κ2) is 5.46. The Bertz CT molecular complexity index is 343. The number of hydrogen-bond donors (Lipinski definition) is 1. The van der Waals surface area contributed by atoms with E-state index in [-0.39, 0.29) is 6.61 Å². The van der Waals surface area contributed by atoms with Gasteiger partial charge in [0, 0.05) is 0 Å². The summed E-state index contributed by atoms with van der Waals surface area (Å²) in [5.74, 6) is -0.462. The SMILES string of the molecule is CC(C)(O)C(Br)C(=O)OCc1ccccc1. The van der Waals surface area contributed by atoms with Crippen LogP contribution >= 0.6 is 15.9 Å². The van der Waals surface area contributed by atoms with Crippen molar-refractivity contribution in [3.8, 4) is 0 Å². The normalized spacial score (nSPS) is 13.2. The van der Waals surface area contributed by atoms with E-state index in [1.165, 1.54) is 0 Å². The number of alkyl halides is 1. The van der Waals surface area contributed by atoms with Gasteiger partial charge in [-0.15, -0.1) is 0 Å². The molecule has 0 amide bonds. The third-order valence-electron chi connectivity index (χ3n) is 2.05. The zero-order chi connectivity index (χ0) is 12.2. The molecule has 0 aliphatic heterocycles. The summed E-state index contributed by atoms with van der Waals surface area (Å²) in [4.78, 5) is 10.8. The van der Waals surface area contributed by atoms with Crippen molar-refractivity contribution < 1.29 is 14.6 Å². The lowest BCUT2D eigenvalue weighted by molar-refractivity contribution is -0.148. The molecule has 4 heteroatoms. The van der Waals surface area contributed by atoms with Gasteiger partial charge in [-0.2, -0.15) is 0 Å². The highest BCUT2D eigenvalue weighted by molar-refractivity contribution is 9.10. The quantitative estimate of drug-likeness (QED) is 0.682. The zero-order valence-corrected chi connectivity index (χ0v) is 10.9. The number of rotatable bonds is 4. The fourth-order valence-corrected chi connectivity index (χ4v) is 1.22. The molecule has 1 unspecified atom stereocenters. The highest BCUT2D eigenvalue weighted by Gasteiger charge is 2.32. The van der Waals surface area contributed by atoms with Crippen LogP contribution < -0.4 is 0 Å². The molecule has 0 aromatic heterocycles. The molecule has 0 heterocycles. The lowest BCUT2D eigenvalue weighted by Crippen LogP contribution is -2.38. The Morgan fingerprint density at radius 3 is 2.50 bits per heavy atom. The molecule has 1 rings (SSSR count). The van der Waals surface area contributed by atoms with Gasteiger partial charge in [0.1, 0.15) is 11.4 Å². The van der Waals surface area contributed by atoms with Gasteiger partial charge in [0.25, 0.3) is 0 Å². The Hall–Kier alpha value is -0.870. The summed E-state index contributed by atoms with van der Waals surface area (Å²) in [6.07, 6.45) is 0. The van der Waals surface area contributed by atoms with Crippen molar-refractivity contribution in [3.63, 3.8) is 0 Å². The minimum absolute atomic E-state index is 0.220. The van der Waals surface area contributed by atoms with Crippen LogP contribution in [-0.4, -0.2) is 21.5 Å². The fraction of sp³-hybridized carbons (Fsp3) is 0.417. The minimum Gasteiger partial charge on any atom is -0.460 e. The van der Waals surface area contributed by atoms with Crippen LogP contribution in [-0.2, 0) is 16.1 Å². The Balaban J connectivity index is 2.48. The third-order valence-corrected chi connectivity index (χ3v) is 3.55. The second-order valence-electron chi connectivity index (χ2n) is 4.11. The summed E-state index contributed by atoms with van der Waals surface area (Å²) in [5.41, 5.74) is -0.209. The molecule has 0 radical (unpaired) electrons. The smallest absolute Gasteiger partial charge is 0.323 e. The van der Waals surface area contributed by atoms with Crippen molar-refractivity contribution in [1.29, 1.82) is 0 Å². The van der Waals surface area contributed by atoms with E-state index in [2.05, 4.69) is 15.9 Å². The molecule has 1 atom stereocenters. The summed E-state index contributed by atoms with van der Waals surface area (Å²) in [6.45, 7) is 3.32. The topological polar surface area (TPSA) is 46.5 Å². The van der Waals surface area contributed by atoms with Gasteiger partial charge in [-0.3, -0.25) is 4.79 Å². The number of halogens is 1. The van der Waals surface area contributed by atoms with Crippen LogP contribution in [0.15, 0.2) is 30.3 Å². The van der Waals surface area contributed by atoms with Crippen LogP contribution in [0.25, 0.3) is 0 Å². The van der Waals surface area contributed by atoms with E-state index in [1.807, 2.05) is 30.3 Å². The molecule has 0 aliphatic carbocycles. The highest BCUT2D eigenvalue weighted by Crippen LogP contribution is 2.19. The van der Waals surface area contributed by atoms with E-state index in [4.69, 9.17) is 4.74 Å². The van der Waals surface area contributed by atoms with Crippen molar-refractivity contribution in [2.75, 3.05) is 0 Å². The standard InChI is InChI=1S/C12H15BrO3/c1-12(2,15)10(13)11(14)16-8-9-6-4-3-5-7-9/h3-7,10,15H,8H2,1-2H3. The van der Waals surface area contributed by atoms with Crippen LogP contribution in [0.4, 0.5) is 0 Å². The highest BCUT2D eigenvalue weighted by atomic mass is 79.9. The molecule has 0 saturated carbocycles. The van der Waals surface area contributed by atoms with Gasteiger partial charge in [0.2, 0.25) is 0 Å². The summed E-state index contributed by atoms with van der Waals surface area (Å²) in [5, 5.41) is 9.61. The number of hydrogen-bond acceptors (Lipinski definition) is 3. The van der Waals surface area contributed by atoms with Gasteiger partial charge in [0.05, 0.1) is 5.60 Å². The molecule has 0 fully saturated rings. The molecule has 0 aliphatic rings. The van der Waals surface area contributed by atoms with Gasteiger partial charge >= 0.3 is 5.97 Å². The molecule has 1 aromatic rings. The maximum absolute atomic E-state index is 11.5. The number of esters is 1. The monoisotopic (exact) mass is 286 g/mol. The van der Waals surface area contributed by atoms with Crippen LogP contribution in [0.1, 0.15) is 19.4 Å². The van der Waals surface area contributed by atoms with E-state index in [9.17, 15) is 9.90 Å². The predicted molar refractivity (Wildman–Crippen MR) is 65.3 cm³/mol.